The summed E-state index contributed by atoms with van der Waals surface area (Å²) in [6, 6.07) is 0. The van der Waals surface area contributed by atoms with Crippen molar-refractivity contribution in [3.63, 3.8) is 0 Å². The Bertz CT molecular complexity index is 452. The largest absolute Gasteiger partial charge is 0.450 e. The van der Waals surface area contributed by atoms with Gasteiger partial charge >= 0.3 is 6.09 Å². The molecule has 3 N–H and O–H groups in total. The van der Waals surface area contributed by atoms with Gasteiger partial charge in [0.25, 0.3) is 0 Å². The van der Waals surface area contributed by atoms with Crippen LogP contribution in [0.3, 0.4) is 0 Å². The Hall–Kier alpha value is -1.52. The molecule has 5 nitrogen and oxygen atoms in total. The van der Waals surface area contributed by atoms with E-state index in [1.807, 2.05) is 6.20 Å². The van der Waals surface area contributed by atoms with Crippen molar-refractivity contribution in [2.24, 2.45) is 11.1 Å². The molecule has 1 amide bonds. The lowest BCUT2D eigenvalue weighted by molar-refractivity contribution is 0.154. The predicted octanol–water partition coefficient (Wildman–Crippen LogP) is 5.54. The van der Waals surface area contributed by atoms with E-state index in [1.54, 1.807) is 6.33 Å². The fourth-order valence-electron chi connectivity index (χ4n) is 3.37. The number of nitrogens with two attached hydrogens (primary N) is 1. The van der Waals surface area contributed by atoms with Gasteiger partial charge in [0, 0.05) is 17.8 Å². The van der Waals surface area contributed by atoms with Gasteiger partial charge in [-0.1, -0.05) is 72.1 Å². The SMILES string of the molecule is CC(C)(C)C(CCCCCCCCCCCOC(N)=O)c1cnc[nH]1. The van der Waals surface area contributed by atoms with Crippen LogP contribution in [0.4, 0.5) is 4.79 Å². The second kappa shape index (κ2) is 11.9. The molecule has 1 unspecified atom stereocenters. The Kier molecular flexibility index (Phi) is 10.3. The van der Waals surface area contributed by atoms with Crippen molar-refractivity contribution < 1.29 is 9.53 Å². The number of unbranched alkanes of at least 4 members (excludes halogenated alkanes) is 8. The van der Waals surface area contributed by atoms with Crippen molar-refractivity contribution in [3.05, 3.63) is 18.2 Å². The lowest BCUT2D eigenvalue weighted by Crippen LogP contribution is -2.18. The Labute approximate surface area is 153 Å². The standard InChI is InChI=1S/C20H37N3O2/c1-20(2,3)17(18-15-22-16-23-18)13-11-9-7-5-4-6-8-10-12-14-25-19(21)24/h15-17H,4-14H2,1-3H3,(H2,21,24)(H,22,23). The van der Waals surface area contributed by atoms with E-state index in [0.29, 0.717) is 12.5 Å². The molecule has 0 aromatic carbocycles. The third-order valence-corrected chi connectivity index (χ3v) is 4.82. The number of rotatable bonds is 13. The summed E-state index contributed by atoms with van der Waals surface area (Å²) in [5.74, 6) is 0.553. The Balaban J connectivity index is 2.00. The highest BCUT2D eigenvalue weighted by Crippen LogP contribution is 2.37. The molecule has 0 saturated heterocycles. The van der Waals surface area contributed by atoms with Gasteiger partial charge in [0.2, 0.25) is 0 Å². The maximum atomic E-state index is 10.4. The second-order valence-corrected chi connectivity index (χ2v) is 8.06. The molecule has 0 radical (unpaired) electrons. The third-order valence-electron chi connectivity index (χ3n) is 4.82. The van der Waals surface area contributed by atoms with E-state index in [2.05, 4.69) is 30.7 Å². The van der Waals surface area contributed by atoms with E-state index in [4.69, 9.17) is 10.5 Å². The minimum Gasteiger partial charge on any atom is -0.450 e. The summed E-state index contributed by atoms with van der Waals surface area (Å²) in [5.41, 5.74) is 6.46. The molecule has 144 valence electrons. The summed E-state index contributed by atoms with van der Waals surface area (Å²) < 4.78 is 4.72. The number of hydrogen-bond acceptors (Lipinski definition) is 3. The van der Waals surface area contributed by atoms with Crippen LogP contribution in [0.25, 0.3) is 0 Å². The zero-order valence-electron chi connectivity index (χ0n) is 16.4. The fourth-order valence-corrected chi connectivity index (χ4v) is 3.37. The predicted molar refractivity (Wildman–Crippen MR) is 102 cm³/mol. The molecule has 1 rings (SSSR count). The third kappa shape index (κ3) is 10.1. The average Bonchev–Trinajstić information content (AvgIpc) is 3.04. The maximum Gasteiger partial charge on any atom is 0.404 e. The molecule has 1 atom stereocenters. The van der Waals surface area contributed by atoms with E-state index in [-0.39, 0.29) is 5.41 Å². The summed E-state index contributed by atoms with van der Waals surface area (Å²) in [6.07, 6.45) is 15.4. The normalized spacial score (nSPS) is 12.9. The van der Waals surface area contributed by atoms with E-state index >= 15 is 0 Å². The molecule has 0 aliphatic carbocycles. The zero-order valence-corrected chi connectivity index (χ0v) is 16.4. The fraction of sp³-hybridized carbons (Fsp3) is 0.800. The number of imidazole rings is 1. The molecule has 0 bridgehead atoms. The van der Waals surface area contributed by atoms with Gasteiger partial charge in [-0.05, 0) is 18.3 Å². The first kappa shape index (κ1) is 21.5. The van der Waals surface area contributed by atoms with Crippen LogP contribution in [-0.4, -0.2) is 22.7 Å². The quantitative estimate of drug-likeness (QED) is 0.458. The lowest BCUT2D eigenvalue weighted by Gasteiger charge is -2.30. The molecule has 0 aliphatic heterocycles. The van der Waals surface area contributed by atoms with Crippen LogP contribution in [0.15, 0.2) is 12.5 Å². The van der Waals surface area contributed by atoms with Crippen LogP contribution in [0.5, 0.6) is 0 Å². The van der Waals surface area contributed by atoms with Gasteiger partial charge in [-0.15, -0.1) is 0 Å². The van der Waals surface area contributed by atoms with Crippen molar-refractivity contribution in [1.29, 1.82) is 0 Å². The summed E-state index contributed by atoms with van der Waals surface area (Å²) in [5, 5.41) is 0. The number of aromatic nitrogens is 2. The van der Waals surface area contributed by atoms with Gasteiger partial charge in [0.1, 0.15) is 0 Å². The van der Waals surface area contributed by atoms with Gasteiger partial charge in [-0.3, -0.25) is 0 Å². The van der Waals surface area contributed by atoms with Crippen LogP contribution in [0.1, 0.15) is 96.6 Å². The van der Waals surface area contributed by atoms with Gasteiger partial charge in [-0.25, -0.2) is 9.78 Å². The van der Waals surface area contributed by atoms with Gasteiger partial charge in [0.15, 0.2) is 0 Å². The Morgan fingerprint density at radius 2 is 1.64 bits per heavy atom. The van der Waals surface area contributed by atoms with Crippen molar-refractivity contribution in [2.75, 3.05) is 6.61 Å². The molecule has 1 aromatic rings. The summed E-state index contributed by atoms with van der Waals surface area (Å²) in [6.45, 7) is 7.40. The molecular formula is C20H37N3O2. The molecule has 0 aliphatic rings. The number of primary amides is 1. The van der Waals surface area contributed by atoms with Crippen molar-refractivity contribution in [1.82, 2.24) is 9.97 Å². The first-order valence-electron chi connectivity index (χ1n) is 9.81. The maximum absolute atomic E-state index is 10.4. The van der Waals surface area contributed by atoms with Gasteiger partial charge < -0.3 is 15.5 Å². The van der Waals surface area contributed by atoms with Crippen LogP contribution in [0.2, 0.25) is 0 Å². The van der Waals surface area contributed by atoms with Crippen LogP contribution in [0, 0.1) is 5.41 Å². The number of amides is 1. The van der Waals surface area contributed by atoms with Crippen molar-refractivity contribution in [2.45, 2.75) is 90.9 Å². The van der Waals surface area contributed by atoms with Crippen LogP contribution in [-0.2, 0) is 4.74 Å². The van der Waals surface area contributed by atoms with E-state index in [0.717, 1.165) is 12.8 Å². The molecule has 0 fully saturated rings. The number of carbonyl (C=O) groups excluding carboxylic acids is 1. The molecule has 0 saturated carbocycles. The number of H-pyrrole nitrogens is 1. The smallest absolute Gasteiger partial charge is 0.404 e. The Morgan fingerprint density at radius 3 is 2.12 bits per heavy atom. The highest BCUT2D eigenvalue weighted by molar-refractivity contribution is 5.64. The molecule has 0 spiro atoms. The molecular weight excluding hydrogens is 314 g/mol. The Morgan fingerprint density at radius 1 is 1.08 bits per heavy atom. The van der Waals surface area contributed by atoms with E-state index in [1.165, 1.54) is 57.1 Å². The van der Waals surface area contributed by atoms with Crippen LogP contribution < -0.4 is 5.73 Å². The molecule has 1 aromatic heterocycles. The first-order chi connectivity index (χ1) is 11.9. The monoisotopic (exact) mass is 351 g/mol. The zero-order chi connectivity index (χ0) is 18.5. The highest BCUT2D eigenvalue weighted by Gasteiger charge is 2.26. The summed E-state index contributed by atoms with van der Waals surface area (Å²) >= 11 is 0. The minimum atomic E-state index is -0.666. The van der Waals surface area contributed by atoms with E-state index < -0.39 is 6.09 Å². The molecule has 1 heterocycles. The van der Waals surface area contributed by atoms with Crippen molar-refractivity contribution >= 4 is 6.09 Å². The molecule has 5 heteroatoms. The topological polar surface area (TPSA) is 81.0 Å². The van der Waals surface area contributed by atoms with E-state index in [9.17, 15) is 4.79 Å². The second-order valence-electron chi connectivity index (χ2n) is 8.06. The first-order valence-corrected chi connectivity index (χ1v) is 9.81. The number of hydrogen-bond donors (Lipinski definition) is 2. The highest BCUT2D eigenvalue weighted by atomic mass is 16.5. The number of nitrogens with zero attached hydrogens (tertiary/aromatic N) is 1. The number of carbonyl (C=O) groups is 1. The summed E-state index contributed by atoms with van der Waals surface area (Å²) in [4.78, 5) is 17.9. The number of aromatic amines is 1. The van der Waals surface area contributed by atoms with Gasteiger partial charge in [-0.2, -0.15) is 0 Å². The van der Waals surface area contributed by atoms with Gasteiger partial charge in [0.05, 0.1) is 12.9 Å². The number of nitrogens with one attached hydrogen (secondary N) is 1. The summed E-state index contributed by atoms with van der Waals surface area (Å²) in [7, 11) is 0. The van der Waals surface area contributed by atoms with Crippen LogP contribution >= 0.6 is 0 Å². The average molecular weight is 352 g/mol. The molecule has 25 heavy (non-hydrogen) atoms. The lowest BCUT2D eigenvalue weighted by atomic mass is 9.76. The van der Waals surface area contributed by atoms with Crippen molar-refractivity contribution in [3.8, 4) is 0 Å². The number of ether oxygens (including phenoxy) is 1. The minimum absolute atomic E-state index is 0.269.